The topological polar surface area (TPSA) is 88.4 Å². The summed E-state index contributed by atoms with van der Waals surface area (Å²) < 4.78 is 33.3. The number of carbonyl (C=O) groups is 1. The van der Waals surface area contributed by atoms with Crippen LogP contribution in [0.25, 0.3) is 0 Å². The lowest BCUT2D eigenvalue weighted by molar-refractivity contribution is -0.123. The summed E-state index contributed by atoms with van der Waals surface area (Å²) in [5, 5.41) is 2.73. The van der Waals surface area contributed by atoms with Gasteiger partial charge < -0.3 is 9.73 Å². The van der Waals surface area contributed by atoms with Gasteiger partial charge in [-0.3, -0.25) is 4.79 Å². The predicted octanol–water partition coefficient (Wildman–Crippen LogP) is 2.91. The molecule has 1 aromatic heterocycles. The van der Waals surface area contributed by atoms with Crippen LogP contribution in [0.1, 0.15) is 37.2 Å². The fraction of sp³-hybridized carbons (Fsp3) is 0.421. The second-order valence-corrected chi connectivity index (χ2v) is 8.55. The lowest BCUT2D eigenvalue weighted by Gasteiger charge is -2.20. The maximum absolute atomic E-state index is 12.8. The Morgan fingerprint density at radius 2 is 1.92 bits per heavy atom. The van der Waals surface area contributed by atoms with E-state index >= 15 is 0 Å². The monoisotopic (exact) mass is 378 g/mol. The molecule has 7 heteroatoms. The Labute approximate surface area is 155 Å². The molecule has 6 nitrogen and oxygen atoms in total. The van der Waals surface area contributed by atoms with E-state index in [1.807, 2.05) is 26.8 Å². The number of aryl methyl sites for hydroxylation is 2. The summed E-state index contributed by atoms with van der Waals surface area (Å²) in [6.07, 6.45) is 1.92. The van der Waals surface area contributed by atoms with Crippen molar-refractivity contribution in [3.63, 3.8) is 0 Å². The molecule has 142 valence electrons. The molecule has 0 aliphatic heterocycles. The van der Waals surface area contributed by atoms with Crippen molar-refractivity contribution in [3.8, 4) is 0 Å². The molecule has 1 aromatic carbocycles. The summed E-state index contributed by atoms with van der Waals surface area (Å²) in [6.45, 7) is 7.75. The van der Waals surface area contributed by atoms with E-state index in [2.05, 4.69) is 10.0 Å². The zero-order valence-electron chi connectivity index (χ0n) is 15.6. The van der Waals surface area contributed by atoms with Gasteiger partial charge in [-0.15, -0.1) is 0 Å². The number of hydrogen-bond acceptors (Lipinski definition) is 4. The molecule has 0 unspecified atom stereocenters. The number of nitrogens with one attached hydrogen (secondary N) is 2. The van der Waals surface area contributed by atoms with E-state index in [9.17, 15) is 13.2 Å². The van der Waals surface area contributed by atoms with Crippen LogP contribution in [0.3, 0.4) is 0 Å². The van der Waals surface area contributed by atoms with Crippen LogP contribution < -0.4 is 10.0 Å². The van der Waals surface area contributed by atoms with Crippen LogP contribution in [0.15, 0.2) is 45.9 Å². The lowest BCUT2D eigenvalue weighted by Crippen LogP contribution is -2.47. The van der Waals surface area contributed by atoms with Crippen LogP contribution in [-0.2, 0) is 21.4 Å². The first kappa shape index (κ1) is 20.2. The summed E-state index contributed by atoms with van der Waals surface area (Å²) in [4.78, 5) is 12.7. The van der Waals surface area contributed by atoms with Gasteiger partial charge in [0.1, 0.15) is 11.8 Å². The fourth-order valence-electron chi connectivity index (χ4n) is 2.74. The van der Waals surface area contributed by atoms with Crippen LogP contribution in [0.2, 0.25) is 0 Å². The van der Waals surface area contributed by atoms with Gasteiger partial charge in [0.2, 0.25) is 15.9 Å². The molecule has 2 N–H and O–H groups in total. The standard InChI is InChI=1S/C19H26N2O4S/c1-13(2)10-17(19(22)20-12-16-6-5-9-25-16)21-26(23,24)18-8-7-14(3)11-15(18)4/h5-9,11,13,17,21H,10,12H2,1-4H3,(H,20,22)/t17-/m0/s1. The van der Waals surface area contributed by atoms with Crippen molar-refractivity contribution in [2.45, 2.75) is 51.6 Å². The number of amides is 1. The Bertz CT molecular complexity index is 842. The molecule has 0 bridgehead atoms. The zero-order valence-corrected chi connectivity index (χ0v) is 16.4. The first-order chi connectivity index (χ1) is 12.2. The molecule has 0 aliphatic carbocycles. The van der Waals surface area contributed by atoms with Crippen molar-refractivity contribution in [1.82, 2.24) is 10.0 Å². The lowest BCUT2D eigenvalue weighted by atomic mass is 10.0. The zero-order chi connectivity index (χ0) is 19.3. The number of sulfonamides is 1. The van der Waals surface area contributed by atoms with E-state index in [1.165, 1.54) is 6.26 Å². The minimum Gasteiger partial charge on any atom is -0.467 e. The van der Waals surface area contributed by atoms with E-state index < -0.39 is 16.1 Å². The molecule has 1 amide bonds. The van der Waals surface area contributed by atoms with Gasteiger partial charge in [0.15, 0.2) is 0 Å². The highest BCUT2D eigenvalue weighted by atomic mass is 32.2. The van der Waals surface area contributed by atoms with Gasteiger partial charge in [-0.1, -0.05) is 31.5 Å². The minimum atomic E-state index is -3.80. The summed E-state index contributed by atoms with van der Waals surface area (Å²) in [6, 6.07) is 7.75. The number of rotatable bonds is 8. The molecule has 0 aliphatic rings. The van der Waals surface area contributed by atoms with Gasteiger partial charge in [0, 0.05) is 0 Å². The fourth-order valence-corrected chi connectivity index (χ4v) is 4.18. The summed E-state index contributed by atoms with van der Waals surface area (Å²) in [5.41, 5.74) is 1.63. The highest BCUT2D eigenvalue weighted by molar-refractivity contribution is 7.89. The van der Waals surface area contributed by atoms with Crippen LogP contribution >= 0.6 is 0 Å². The van der Waals surface area contributed by atoms with Gasteiger partial charge >= 0.3 is 0 Å². The van der Waals surface area contributed by atoms with E-state index in [1.54, 1.807) is 31.2 Å². The largest absolute Gasteiger partial charge is 0.467 e. The molecule has 0 radical (unpaired) electrons. The summed E-state index contributed by atoms with van der Waals surface area (Å²) >= 11 is 0. The van der Waals surface area contributed by atoms with Crippen LogP contribution in [0.4, 0.5) is 0 Å². The molecule has 0 saturated heterocycles. The Morgan fingerprint density at radius 3 is 2.50 bits per heavy atom. The van der Waals surface area contributed by atoms with Crippen molar-refractivity contribution >= 4 is 15.9 Å². The number of carbonyl (C=O) groups excluding carboxylic acids is 1. The quantitative estimate of drug-likeness (QED) is 0.739. The maximum atomic E-state index is 12.8. The average molecular weight is 378 g/mol. The highest BCUT2D eigenvalue weighted by Crippen LogP contribution is 2.18. The third-order valence-corrected chi connectivity index (χ3v) is 5.59. The SMILES string of the molecule is Cc1ccc(S(=O)(=O)N[C@@H](CC(C)C)C(=O)NCc2ccco2)c(C)c1. The van der Waals surface area contributed by atoms with Crippen molar-refractivity contribution in [2.75, 3.05) is 0 Å². The van der Waals surface area contributed by atoms with Crippen molar-refractivity contribution in [2.24, 2.45) is 5.92 Å². The molecule has 2 rings (SSSR count). The third-order valence-electron chi connectivity index (χ3n) is 3.96. The highest BCUT2D eigenvalue weighted by Gasteiger charge is 2.27. The molecule has 1 atom stereocenters. The first-order valence-corrected chi connectivity index (χ1v) is 10.1. The number of benzene rings is 1. The second kappa shape index (κ2) is 8.51. The van der Waals surface area contributed by atoms with Crippen LogP contribution in [0.5, 0.6) is 0 Å². The normalized spacial score (nSPS) is 13.0. The molecule has 1 heterocycles. The van der Waals surface area contributed by atoms with E-state index in [-0.39, 0.29) is 23.3 Å². The molecule has 26 heavy (non-hydrogen) atoms. The Morgan fingerprint density at radius 1 is 1.19 bits per heavy atom. The Balaban J connectivity index is 2.16. The number of furan rings is 1. The molecule has 2 aromatic rings. The van der Waals surface area contributed by atoms with Gasteiger partial charge in [-0.25, -0.2) is 8.42 Å². The minimum absolute atomic E-state index is 0.149. The van der Waals surface area contributed by atoms with Crippen molar-refractivity contribution in [1.29, 1.82) is 0 Å². The molecule has 0 fully saturated rings. The third kappa shape index (κ3) is 5.44. The van der Waals surface area contributed by atoms with Gasteiger partial charge in [0.05, 0.1) is 17.7 Å². The van der Waals surface area contributed by atoms with E-state index in [0.29, 0.717) is 17.7 Å². The first-order valence-electron chi connectivity index (χ1n) is 8.58. The predicted molar refractivity (Wildman–Crippen MR) is 100 cm³/mol. The molecule has 0 spiro atoms. The number of hydrogen-bond donors (Lipinski definition) is 2. The van der Waals surface area contributed by atoms with Crippen LogP contribution in [0, 0.1) is 19.8 Å². The smallest absolute Gasteiger partial charge is 0.241 e. The van der Waals surface area contributed by atoms with Crippen molar-refractivity contribution in [3.05, 3.63) is 53.5 Å². The van der Waals surface area contributed by atoms with Gasteiger partial charge in [0.25, 0.3) is 0 Å². The maximum Gasteiger partial charge on any atom is 0.241 e. The van der Waals surface area contributed by atoms with E-state index in [4.69, 9.17) is 4.42 Å². The van der Waals surface area contributed by atoms with E-state index in [0.717, 1.165) is 5.56 Å². The molecule has 0 saturated carbocycles. The molecular weight excluding hydrogens is 352 g/mol. The second-order valence-electron chi connectivity index (χ2n) is 6.87. The Hall–Kier alpha value is -2.12. The van der Waals surface area contributed by atoms with Gasteiger partial charge in [-0.05, 0) is 49.9 Å². The average Bonchev–Trinajstić information content (AvgIpc) is 3.04. The van der Waals surface area contributed by atoms with Gasteiger partial charge in [-0.2, -0.15) is 4.72 Å². The molecular formula is C19H26N2O4S. The van der Waals surface area contributed by atoms with Crippen molar-refractivity contribution < 1.29 is 17.6 Å². The Kier molecular flexibility index (Phi) is 6.61. The van der Waals surface area contributed by atoms with Crippen LogP contribution in [-0.4, -0.2) is 20.4 Å². The summed E-state index contributed by atoms with van der Waals surface area (Å²) in [7, 11) is -3.80. The summed E-state index contributed by atoms with van der Waals surface area (Å²) in [5.74, 6) is 0.388.